The predicted molar refractivity (Wildman–Crippen MR) is 192 cm³/mol. The summed E-state index contributed by atoms with van der Waals surface area (Å²) in [6.45, 7) is 7.61. The van der Waals surface area contributed by atoms with Crippen LogP contribution in [-0.4, -0.2) is 14.5 Å². The molecule has 6 aromatic carbocycles. The van der Waals surface area contributed by atoms with Gasteiger partial charge in [0.15, 0.2) is 11.5 Å². The van der Waals surface area contributed by atoms with E-state index >= 15 is 0 Å². The van der Waals surface area contributed by atoms with Gasteiger partial charge in [-0.15, -0.1) is 11.3 Å². The van der Waals surface area contributed by atoms with Crippen LogP contribution in [0, 0.1) is 6.57 Å². The molecule has 0 N–H and O–H groups in total. The van der Waals surface area contributed by atoms with E-state index < -0.39 is 0 Å². The van der Waals surface area contributed by atoms with Crippen molar-refractivity contribution in [2.45, 2.75) is 0 Å². The third kappa shape index (κ3) is 4.12. The molecule has 0 spiro atoms. The second kappa shape index (κ2) is 10.5. The number of benzene rings is 6. The second-order valence-corrected chi connectivity index (χ2v) is 12.4. The third-order valence-electron chi connectivity index (χ3n) is 8.62. The van der Waals surface area contributed by atoms with Gasteiger partial charge in [-0.05, 0) is 53.1 Å². The lowest BCUT2D eigenvalue weighted by Crippen LogP contribution is -1.95. The molecule has 5 heteroatoms. The molecule has 3 heterocycles. The average molecular weight is 605 g/mol. The average Bonchev–Trinajstić information content (AvgIpc) is 3.68. The van der Waals surface area contributed by atoms with Gasteiger partial charge in [-0.25, -0.2) is 14.8 Å². The topological polar surface area (TPSA) is 35.1 Å². The molecule has 4 nitrogen and oxygen atoms in total. The molecule has 0 unspecified atom stereocenters. The quantitative estimate of drug-likeness (QED) is 0.187. The molecule has 46 heavy (non-hydrogen) atoms. The molecule has 0 saturated heterocycles. The summed E-state index contributed by atoms with van der Waals surface area (Å²) in [6, 6.07) is 50.4. The minimum atomic E-state index is 0.592. The van der Waals surface area contributed by atoms with Crippen LogP contribution in [0.2, 0.25) is 0 Å². The largest absolute Gasteiger partial charge is 0.309 e. The summed E-state index contributed by atoms with van der Waals surface area (Å²) in [6.07, 6.45) is 0. The van der Waals surface area contributed by atoms with Crippen molar-refractivity contribution in [2.75, 3.05) is 0 Å². The van der Waals surface area contributed by atoms with Crippen molar-refractivity contribution >= 4 is 59.1 Å². The lowest BCUT2D eigenvalue weighted by Gasteiger charge is -2.11. The van der Waals surface area contributed by atoms with E-state index in [1.165, 1.54) is 21.8 Å². The van der Waals surface area contributed by atoms with Crippen molar-refractivity contribution in [3.05, 3.63) is 157 Å². The van der Waals surface area contributed by atoms with Crippen LogP contribution in [0.4, 0.5) is 5.69 Å². The Morgan fingerprint density at radius 2 is 1.26 bits per heavy atom. The van der Waals surface area contributed by atoms with Crippen molar-refractivity contribution < 1.29 is 0 Å². The highest BCUT2D eigenvalue weighted by Gasteiger charge is 2.20. The fourth-order valence-electron chi connectivity index (χ4n) is 6.58. The predicted octanol–water partition coefficient (Wildman–Crippen LogP) is 11.5. The Labute approximate surface area is 269 Å². The summed E-state index contributed by atoms with van der Waals surface area (Å²) in [4.78, 5) is 14.0. The van der Waals surface area contributed by atoms with Gasteiger partial charge in [0.1, 0.15) is 0 Å². The summed E-state index contributed by atoms with van der Waals surface area (Å²) in [5, 5.41) is 3.60. The minimum Gasteiger partial charge on any atom is -0.309 e. The normalized spacial score (nSPS) is 11.5. The highest BCUT2D eigenvalue weighted by molar-refractivity contribution is 7.26. The summed E-state index contributed by atoms with van der Waals surface area (Å²) in [5.41, 5.74) is 9.98. The summed E-state index contributed by atoms with van der Waals surface area (Å²) in [5.74, 6) is 0.671. The van der Waals surface area contributed by atoms with Crippen molar-refractivity contribution in [1.82, 2.24) is 14.5 Å². The van der Waals surface area contributed by atoms with E-state index in [0.29, 0.717) is 11.5 Å². The summed E-state index contributed by atoms with van der Waals surface area (Å²) < 4.78 is 4.53. The van der Waals surface area contributed by atoms with E-state index in [1.807, 2.05) is 54.6 Å². The molecule has 0 saturated carbocycles. The number of fused-ring (bicyclic) bond motifs is 6. The van der Waals surface area contributed by atoms with Crippen molar-refractivity contribution in [3.63, 3.8) is 0 Å². The van der Waals surface area contributed by atoms with Gasteiger partial charge in [0.2, 0.25) is 0 Å². The first-order valence-electron chi connectivity index (χ1n) is 15.1. The molecule has 0 aliphatic heterocycles. The van der Waals surface area contributed by atoms with Crippen molar-refractivity contribution in [3.8, 4) is 39.5 Å². The van der Waals surface area contributed by atoms with Crippen LogP contribution < -0.4 is 0 Å². The fraction of sp³-hybridized carbons (Fsp3) is 0. The van der Waals surface area contributed by atoms with Gasteiger partial charge >= 0.3 is 0 Å². The van der Waals surface area contributed by atoms with E-state index in [4.69, 9.17) is 16.5 Å². The summed E-state index contributed by atoms with van der Waals surface area (Å²) >= 11 is 1.71. The molecule has 0 aliphatic rings. The molecule has 9 rings (SSSR count). The molecular weight excluding hydrogens is 581 g/mol. The number of rotatable bonds is 4. The first-order chi connectivity index (χ1) is 22.8. The Morgan fingerprint density at radius 1 is 0.587 bits per heavy atom. The molecule has 3 aromatic heterocycles. The zero-order valence-corrected chi connectivity index (χ0v) is 25.4. The molecule has 0 aliphatic carbocycles. The summed E-state index contributed by atoms with van der Waals surface area (Å²) in [7, 11) is 0. The molecule has 0 atom stereocenters. The minimum absolute atomic E-state index is 0.592. The number of nitrogens with zero attached hydrogens (tertiary/aromatic N) is 4. The van der Waals surface area contributed by atoms with Crippen LogP contribution in [0.25, 0.3) is 86.4 Å². The molecule has 9 aromatic rings. The van der Waals surface area contributed by atoms with Gasteiger partial charge in [0.25, 0.3) is 0 Å². The maximum Gasteiger partial charge on any atom is 0.187 e. The standard InChI is InChI=1S/C41H24N4S/c1-42-29-16-9-15-28(24-29)38-40-39(44-41(43-38)26-12-3-2-4-13-26)37-31(20-11-23-36(37)46-40)27-14-10-17-30(25-27)45-34-21-7-5-18-32(34)33-19-6-8-22-35(33)45/h2-25H. The van der Waals surface area contributed by atoms with Crippen molar-refractivity contribution in [2.24, 2.45) is 0 Å². The fourth-order valence-corrected chi connectivity index (χ4v) is 7.76. The van der Waals surface area contributed by atoms with Crippen LogP contribution in [0.1, 0.15) is 0 Å². The monoisotopic (exact) mass is 604 g/mol. The first kappa shape index (κ1) is 26.3. The van der Waals surface area contributed by atoms with E-state index in [2.05, 4.69) is 100 Å². The highest BCUT2D eigenvalue weighted by atomic mass is 32.1. The Bertz CT molecular complexity index is 2610. The van der Waals surface area contributed by atoms with E-state index in [9.17, 15) is 0 Å². The van der Waals surface area contributed by atoms with Crippen LogP contribution in [0.5, 0.6) is 0 Å². The Hall–Kier alpha value is -6.09. The van der Waals surface area contributed by atoms with E-state index in [-0.39, 0.29) is 0 Å². The molecule has 0 fully saturated rings. The molecule has 0 bridgehead atoms. The lowest BCUT2D eigenvalue weighted by molar-refractivity contribution is 1.18. The molecule has 0 amide bonds. The zero-order chi connectivity index (χ0) is 30.6. The van der Waals surface area contributed by atoms with Gasteiger partial charge in [0.05, 0.1) is 33.5 Å². The number of thiophene rings is 1. The molecule has 214 valence electrons. The Kier molecular flexibility index (Phi) is 6.02. The van der Waals surface area contributed by atoms with Gasteiger partial charge in [-0.1, -0.05) is 109 Å². The first-order valence-corrected chi connectivity index (χ1v) is 15.9. The van der Waals surface area contributed by atoms with Gasteiger partial charge < -0.3 is 4.57 Å². The van der Waals surface area contributed by atoms with Crippen LogP contribution in [0.15, 0.2) is 146 Å². The third-order valence-corrected chi connectivity index (χ3v) is 9.77. The van der Waals surface area contributed by atoms with E-state index in [0.717, 1.165) is 53.9 Å². The van der Waals surface area contributed by atoms with Gasteiger partial charge in [0, 0.05) is 32.1 Å². The highest BCUT2D eigenvalue weighted by Crippen LogP contribution is 2.44. The zero-order valence-electron chi connectivity index (χ0n) is 24.6. The smallest absolute Gasteiger partial charge is 0.187 e. The maximum absolute atomic E-state index is 7.61. The SMILES string of the molecule is [C-]#[N+]c1cccc(-c2nc(-c3ccccc3)nc3c2sc2cccc(-c4cccc(-n5c6ccccc6c6ccccc65)c4)c23)c1. The number of aromatic nitrogens is 3. The van der Waals surface area contributed by atoms with Crippen molar-refractivity contribution in [1.29, 1.82) is 0 Å². The Balaban J connectivity index is 1.31. The van der Waals surface area contributed by atoms with Crippen LogP contribution >= 0.6 is 11.3 Å². The van der Waals surface area contributed by atoms with Crippen LogP contribution in [-0.2, 0) is 0 Å². The maximum atomic E-state index is 7.61. The van der Waals surface area contributed by atoms with Gasteiger partial charge in [-0.3, -0.25) is 0 Å². The lowest BCUT2D eigenvalue weighted by atomic mass is 10.00. The molecule has 0 radical (unpaired) electrons. The molecular formula is C41H24N4S. The second-order valence-electron chi connectivity index (χ2n) is 11.3. The number of para-hydroxylation sites is 2. The number of hydrogen-bond acceptors (Lipinski definition) is 3. The Morgan fingerprint density at radius 3 is 2.04 bits per heavy atom. The number of hydrogen-bond donors (Lipinski definition) is 0. The van der Waals surface area contributed by atoms with Gasteiger partial charge in [-0.2, -0.15) is 0 Å². The van der Waals surface area contributed by atoms with Crippen LogP contribution in [0.3, 0.4) is 0 Å². The van der Waals surface area contributed by atoms with E-state index in [1.54, 1.807) is 11.3 Å².